The Kier molecular flexibility index (Phi) is 20.5. The maximum Gasteiger partial charge on any atom is 0.343 e. The first-order chi connectivity index (χ1) is 47.3. The summed E-state index contributed by atoms with van der Waals surface area (Å²) in [7, 11) is 0. The minimum absolute atomic E-state index is 0.0271. The normalized spacial score (nSPS) is 11.2. The number of hydrogen-bond donors (Lipinski definition) is 0. The van der Waals surface area contributed by atoms with Crippen molar-refractivity contribution in [3.63, 3.8) is 0 Å². The molecular formula is C84H72O12. The Balaban J connectivity index is 0.595. The maximum atomic E-state index is 13.7. The van der Waals surface area contributed by atoms with Crippen LogP contribution in [0.2, 0.25) is 0 Å². The molecule has 13 aromatic rings. The third kappa shape index (κ3) is 15.8. The third-order valence-corrected chi connectivity index (χ3v) is 16.8. The van der Waals surface area contributed by atoms with Crippen LogP contribution in [0.25, 0.3) is 64.6 Å². The lowest BCUT2D eigenvalue weighted by Crippen LogP contribution is -2.12. The summed E-state index contributed by atoms with van der Waals surface area (Å²) in [4.78, 5) is 41.2. The summed E-state index contributed by atoms with van der Waals surface area (Å²) in [5.74, 6) is 2.35. The van der Waals surface area contributed by atoms with Gasteiger partial charge >= 0.3 is 17.9 Å². The maximum absolute atomic E-state index is 13.7. The number of benzene rings is 13. The zero-order valence-electron chi connectivity index (χ0n) is 53.3. The highest BCUT2D eigenvalue weighted by molar-refractivity contribution is 6.07. The van der Waals surface area contributed by atoms with Gasteiger partial charge in [-0.2, -0.15) is 0 Å². The number of rotatable bonds is 30. The van der Waals surface area contributed by atoms with Crippen molar-refractivity contribution in [1.82, 2.24) is 0 Å². The predicted octanol–water partition coefficient (Wildman–Crippen LogP) is 20.1. The SMILES string of the molecule is O=C(Oc1cc(OC(=O)c2ccc(OCCCCCOc3c4ccccc4cc4ccccc34)cc2)cc(OC(=O)c2ccc(OCCCCCOc3c4ccccc4cc4ccccc34)cc2)c1)c1ccc(OCCCCCOc2c3ccccc3cc3ccccc23)cc1. The van der Waals surface area contributed by atoms with Crippen molar-refractivity contribution in [3.05, 3.63) is 271 Å². The van der Waals surface area contributed by atoms with Gasteiger partial charge in [-0.15, -0.1) is 0 Å². The van der Waals surface area contributed by atoms with E-state index >= 15 is 0 Å². The van der Waals surface area contributed by atoms with Crippen molar-refractivity contribution in [3.8, 4) is 51.7 Å². The molecule has 96 heavy (non-hydrogen) atoms. The van der Waals surface area contributed by atoms with Gasteiger partial charge in [0, 0.05) is 50.5 Å². The van der Waals surface area contributed by atoms with Crippen LogP contribution in [0.15, 0.2) is 255 Å². The van der Waals surface area contributed by atoms with E-state index in [2.05, 4.69) is 91.0 Å². The fourth-order valence-electron chi connectivity index (χ4n) is 11.9. The molecule has 480 valence electrons. The highest BCUT2D eigenvalue weighted by atomic mass is 16.6. The topological polar surface area (TPSA) is 134 Å². The Bertz CT molecular complexity index is 4190. The third-order valence-electron chi connectivity index (χ3n) is 16.8. The predicted molar refractivity (Wildman–Crippen MR) is 380 cm³/mol. The second-order valence-electron chi connectivity index (χ2n) is 23.6. The molecule has 0 heterocycles. The van der Waals surface area contributed by atoms with Crippen LogP contribution < -0.4 is 42.6 Å². The van der Waals surface area contributed by atoms with E-state index in [4.69, 9.17) is 42.6 Å². The van der Waals surface area contributed by atoms with Gasteiger partial charge in [0.1, 0.15) is 51.7 Å². The van der Waals surface area contributed by atoms with Crippen molar-refractivity contribution in [2.75, 3.05) is 39.6 Å². The average Bonchev–Trinajstić information content (AvgIpc) is 0.902. The molecule has 0 aromatic heterocycles. The van der Waals surface area contributed by atoms with Crippen LogP contribution in [0.5, 0.6) is 51.7 Å². The summed E-state index contributed by atoms with van der Waals surface area (Å²) >= 11 is 0. The summed E-state index contributed by atoms with van der Waals surface area (Å²) < 4.78 is 54.9. The number of carbonyl (C=O) groups excluding carboxylic acids is 3. The van der Waals surface area contributed by atoms with Gasteiger partial charge in [0.2, 0.25) is 0 Å². The van der Waals surface area contributed by atoms with Crippen LogP contribution >= 0.6 is 0 Å². The number of hydrogen-bond acceptors (Lipinski definition) is 12. The zero-order chi connectivity index (χ0) is 65.3. The summed E-state index contributed by atoms with van der Waals surface area (Å²) in [5, 5.41) is 13.5. The van der Waals surface area contributed by atoms with Crippen molar-refractivity contribution >= 4 is 82.5 Å². The smallest absolute Gasteiger partial charge is 0.343 e. The van der Waals surface area contributed by atoms with Crippen LogP contribution in [-0.2, 0) is 0 Å². The molecule has 0 spiro atoms. The molecule has 0 saturated heterocycles. The molecule has 13 aromatic carbocycles. The van der Waals surface area contributed by atoms with Crippen LogP contribution in [0, 0.1) is 0 Å². The quantitative estimate of drug-likeness (QED) is 0.0184. The minimum atomic E-state index is -0.696. The highest BCUT2D eigenvalue weighted by Crippen LogP contribution is 2.39. The first-order valence-electron chi connectivity index (χ1n) is 32.9. The lowest BCUT2D eigenvalue weighted by molar-refractivity contribution is 0.0730. The lowest BCUT2D eigenvalue weighted by Gasteiger charge is -2.13. The van der Waals surface area contributed by atoms with Gasteiger partial charge in [-0.25, -0.2) is 14.4 Å². The Labute approximate surface area is 557 Å². The second kappa shape index (κ2) is 31.0. The number of ether oxygens (including phenoxy) is 9. The molecule has 0 bridgehead atoms. The van der Waals surface area contributed by atoms with Crippen molar-refractivity contribution < 1.29 is 57.0 Å². The van der Waals surface area contributed by atoms with Gasteiger partial charge in [-0.1, -0.05) is 146 Å². The van der Waals surface area contributed by atoms with E-state index in [1.807, 2.05) is 72.8 Å². The molecule has 0 N–H and O–H groups in total. The van der Waals surface area contributed by atoms with E-state index in [9.17, 15) is 14.4 Å². The Morgan fingerprint density at radius 2 is 0.417 bits per heavy atom. The van der Waals surface area contributed by atoms with E-state index in [1.54, 1.807) is 72.8 Å². The van der Waals surface area contributed by atoms with Gasteiger partial charge < -0.3 is 42.6 Å². The molecule has 0 amide bonds. The summed E-state index contributed by atoms with van der Waals surface area (Å²) in [6.07, 6.45) is 7.70. The van der Waals surface area contributed by atoms with E-state index < -0.39 is 17.9 Å². The number of esters is 3. The van der Waals surface area contributed by atoms with Crippen molar-refractivity contribution in [1.29, 1.82) is 0 Å². The monoisotopic (exact) mass is 1270 g/mol. The molecule has 12 nitrogen and oxygen atoms in total. The molecule has 0 aliphatic heterocycles. The standard InChI is InChI=1S/C84H72O12/c85-82(58-34-40-67(41-35-58)88-46-16-1-19-49-91-79-73-28-10-4-22-61(73)52-62-23-5-11-29-74(62)79)94-70-55-71(95-83(86)59-36-42-68(43-37-59)89-47-17-2-20-50-92-80-75-30-12-6-24-63(75)53-64-25-7-13-31-76(64)80)57-72(56-70)96-84(87)60-38-44-69(45-39-60)90-48-18-3-21-51-93-81-77-32-14-8-26-65(77)54-66-27-9-15-33-78(66)81/h4-15,22-45,52-57H,1-3,16-21,46-51H2. The molecule has 0 radical (unpaired) electrons. The van der Waals surface area contributed by atoms with Gasteiger partial charge in [0.05, 0.1) is 56.3 Å². The Hall–Kier alpha value is -11.4. The van der Waals surface area contributed by atoms with Crippen LogP contribution in [-0.4, -0.2) is 57.5 Å². The molecular weight excluding hydrogens is 1200 g/mol. The van der Waals surface area contributed by atoms with Gasteiger partial charge in [-0.05, 0) is 181 Å². The lowest BCUT2D eigenvalue weighted by atomic mass is 10.0. The average molecular weight is 1270 g/mol. The summed E-state index contributed by atoms with van der Waals surface area (Å²) in [5.41, 5.74) is 0.724. The summed E-state index contributed by atoms with van der Waals surface area (Å²) in [6, 6.07) is 80.4. The van der Waals surface area contributed by atoms with E-state index in [0.717, 1.165) is 140 Å². The van der Waals surface area contributed by atoms with E-state index in [1.165, 1.54) is 18.2 Å². The molecule has 0 aliphatic carbocycles. The van der Waals surface area contributed by atoms with Gasteiger partial charge in [0.25, 0.3) is 0 Å². The minimum Gasteiger partial charge on any atom is -0.494 e. The number of fused-ring (bicyclic) bond motifs is 6. The van der Waals surface area contributed by atoms with Crippen molar-refractivity contribution in [2.45, 2.75) is 57.8 Å². The molecule has 12 heteroatoms. The summed E-state index contributed by atoms with van der Waals surface area (Å²) in [6.45, 7) is 3.19. The van der Waals surface area contributed by atoms with Gasteiger partial charge in [0.15, 0.2) is 0 Å². The fourth-order valence-corrected chi connectivity index (χ4v) is 11.9. The first kappa shape index (κ1) is 63.4. The van der Waals surface area contributed by atoms with Crippen LogP contribution in [0.3, 0.4) is 0 Å². The number of unbranched alkanes of at least 4 members (excludes halogenated alkanes) is 6. The van der Waals surface area contributed by atoms with Crippen LogP contribution in [0.4, 0.5) is 0 Å². The highest BCUT2D eigenvalue weighted by Gasteiger charge is 2.19. The molecule has 0 unspecified atom stereocenters. The van der Waals surface area contributed by atoms with Crippen molar-refractivity contribution in [2.24, 2.45) is 0 Å². The molecule has 0 saturated carbocycles. The van der Waals surface area contributed by atoms with E-state index in [-0.39, 0.29) is 33.9 Å². The Morgan fingerprint density at radius 1 is 0.208 bits per heavy atom. The number of carbonyl (C=O) groups is 3. The molecule has 0 atom stereocenters. The fraction of sp³-hybridized carbons (Fsp3) is 0.179. The molecule has 13 rings (SSSR count). The molecule has 0 aliphatic rings. The Morgan fingerprint density at radius 3 is 0.646 bits per heavy atom. The largest absolute Gasteiger partial charge is 0.494 e. The van der Waals surface area contributed by atoms with Gasteiger partial charge in [-0.3, -0.25) is 0 Å². The van der Waals surface area contributed by atoms with E-state index in [0.29, 0.717) is 56.9 Å². The first-order valence-corrected chi connectivity index (χ1v) is 32.9. The zero-order valence-corrected chi connectivity index (χ0v) is 53.3. The second-order valence-corrected chi connectivity index (χ2v) is 23.6. The van der Waals surface area contributed by atoms with Crippen LogP contribution in [0.1, 0.15) is 88.9 Å². The molecule has 0 fully saturated rings.